The maximum atomic E-state index is 11.2. The van der Waals surface area contributed by atoms with Crippen LogP contribution in [0.25, 0.3) is 10.4 Å². The second-order valence-electron chi connectivity index (χ2n) is 2.63. The van der Waals surface area contributed by atoms with Gasteiger partial charge in [-0.15, -0.1) is 0 Å². The number of hydrogen-bond acceptors (Lipinski definition) is 3. The monoisotopic (exact) mass is 191 g/mol. The Morgan fingerprint density at radius 3 is 2.86 bits per heavy atom. The second kappa shape index (κ2) is 4.30. The van der Waals surface area contributed by atoms with Gasteiger partial charge in [-0.25, -0.2) is 4.79 Å². The lowest BCUT2D eigenvalue weighted by Crippen LogP contribution is -2.03. The number of nitrogens with zero attached hydrogens (tertiary/aromatic N) is 3. The average molecular weight is 191 g/mol. The standard InChI is InChI=1S/C9H9N3O2/c1-6-7(9(13)14-2)4-3-5-8(6)11-12-10/h3-5H,1-2H3. The summed E-state index contributed by atoms with van der Waals surface area (Å²) in [4.78, 5) is 13.9. The fourth-order valence-corrected chi connectivity index (χ4v) is 1.11. The highest BCUT2D eigenvalue weighted by Crippen LogP contribution is 2.22. The molecule has 0 aromatic heterocycles. The maximum Gasteiger partial charge on any atom is 0.338 e. The largest absolute Gasteiger partial charge is 0.465 e. The topological polar surface area (TPSA) is 75.1 Å². The van der Waals surface area contributed by atoms with Crippen molar-refractivity contribution in [2.75, 3.05) is 7.11 Å². The van der Waals surface area contributed by atoms with Crippen LogP contribution in [0, 0.1) is 6.92 Å². The molecule has 0 bridgehead atoms. The van der Waals surface area contributed by atoms with E-state index >= 15 is 0 Å². The fourth-order valence-electron chi connectivity index (χ4n) is 1.11. The first-order chi connectivity index (χ1) is 6.70. The highest BCUT2D eigenvalue weighted by molar-refractivity contribution is 5.92. The van der Waals surface area contributed by atoms with Crippen molar-refractivity contribution in [1.82, 2.24) is 0 Å². The Morgan fingerprint density at radius 2 is 2.29 bits per heavy atom. The molecule has 1 aromatic carbocycles. The van der Waals surface area contributed by atoms with Crippen molar-refractivity contribution >= 4 is 11.7 Å². The summed E-state index contributed by atoms with van der Waals surface area (Å²) >= 11 is 0. The quantitative estimate of drug-likeness (QED) is 0.312. The average Bonchev–Trinajstić information content (AvgIpc) is 2.20. The summed E-state index contributed by atoms with van der Waals surface area (Å²) in [6.07, 6.45) is 0. The van der Waals surface area contributed by atoms with Gasteiger partial charge in [-0.1, -0.05) is 17.2 Å². The van der Waals surface area contributed by atoms with Gasteiger partial charge in [0.2, 0.25) is 0 Å². The van der Waals surface area contributed by atoms with E-state index in [1.165, 1.54) is 7.11 Å². The van der Waals surface area contributed by atoms with Crippen molar-refractivity contribution in [1.29, 1.82) is 0 Å². The molecule has 5 nitrogen and oxygen atoms in total. The predicted molar refractivity (Wildman–Crippen MR) is 51.3 cm³/mol. The fraction of sp³-hybridized carbons (Fsp3) is 0.222. The van der Waals surface area contributed by atoms with Crippen LogP contribution in [0.2, 0.25) is 0 Å². The third kappa shape index (κ3) is 1.84. The van der Waals surface area contributed by atoms with Gasteiger partial charge in [-0.2, -0.15) is 0 Å². The minimum absolute atomic E-state index is 0.414. The number of benzene rings is 1. The first-order valence-corrected chi connectivity index (χ1v) is 3.93. The first kappa shape index (κ1) is 10.1. The van der Waals surface area contributed by atoms with E-state index in [1.807, 2.05) is 0 Å². The Kier molecular flexibility index (Phi) is 3.09. The summed E-state index contributed by atoms with van der Waals surface area (Å²) in [6, 6.07) is 4.91. The summed E-state index contributed by atoms with van der Waals surface area (Å²) in [5.74, 6) is -0.433. The smallest absolute Gasteiger partial charge is 0.338 e. The van der Waals surface area contributed by atoms with Gasteiger partial charge in [0.15, 0.2) is 0 Å². The van der Waals surface area contributed by atoms with Crippen LogP contribution in [-0.2, 0) is 4.74 Å². The van der Waals surface area contributed by atoms with E-state index in [9.17, 15) is 4.79 Å². The maximum absolute atomic E-state index is 11.2. The Labute approximate surface area is 80.9 Å². The third-order valence-electron chi connectivity index (χ3n) is 1.86. The van der Waals surface area contributed by atoms with Gasteiger partial charge >= 0.3 is 5.97 Å². The number of azide groups is 1. The molecule has 72 valence electrons. The van der Waals surface area contributed by atoms with Gasteiger partial charge in [0.05, 0.1) is 12.7 Å². The normalized spacial score (nSPS) is 9.00. The molecule has 0 aliphatic carbocycles. The molecule has 0 saturated heterocycles. The number of esters is 1. The Balaban J connectivity index is 3.26. The van der Waals surface area contributed by atoms with Crippen molar-refractivity contribution < 1.29 is 9.53 Å². The van der Waals surface area contributed by atoms with Crippen LogP contribution < -0.4 is 0 Å². The molecule has 14 heavy (non-hydrogen) atoms. The van der Waals surface area contributed by atoms with Gasteiger partial charge in [-0.3, -0.25) is 0 Å². The number of carbonyl (C=O) groups is 1. The van der Waals surface area contributed by atoms with Crippen LogP contribution in [0.15, 0.2) is 23.3 Å². The zero-order chi connectivity index (χ0) is 10.6. The molecule has 5 heteroatoms. The molecule has 0 radical (unpaired) electrons. The van der Waals surface area contributed by atoms with E-state index in [4.69, 9.17) is 5.53 Å². The predicted octanol–water partition coefficient (Wildman–Crippen LogP) is 2.72. The zero-order valence-electron chi connectivity index (χ0n) is 7.89. The van der Waals surface area contributed by atoms with E-state index in [2.05, 4.69) is 14.8 Å². The summed E-state index contributed by atoms with van der Waals surface area (Å²) < 4.78 is 4.58. The summed E-state index contributed by atoms with van der Waals surface area (Å²) in [7, 11) is 1.31. The molecule has 0 spiro atoms. The summed E-state index contributed by atoms with van der Waals surface area (Å²) in [5, 5.41) is 3.46. The molecule has 1 rings (SSSR count). The molecular weight excluding hydrogens is 182 g/mol. The van der Waals surface area contributed by atoms with Crippen molar-refractivity contribution in [3.05, 3.63) is 39.8 Å². The van der Waals surface area contributed by atoms with Crippen molar-refractivity contribution in [2.45, 2.75) is 6.92 Å². The van der Waals surface area contributed by atoms with Crippen molar-refractivity contribution in [2.24, 2.45) is 5.11 Å². The SMILES string of the molecule is COC(=O)c1cccc(N=[N+]=[N-])c1C. The molecule has 1 aromatic rings. The lowest BCUT2D eigenvalue weighted by atomic mass is 10.1. The molecular formula is C9H9N3O2. The number of hydrogen-bond donors (Lipinski definition) is 0. The number of methoxy groups -OCH3 is 1. The zero-order valence-corrected chi connectivity index (χ0v) is 7.89. The van der Waals surface area contributed by atoms with Gasteiger partial charge in [0, 0.05) is 10.6 Å². The molecule has 0 aliphatic heterocycles. The lowest BCUT2D eigenvalue weighted by Gasteiger charge is -2.04. The van der Waals surface area contributed by atoms with Gasteiger partial charge in [-0.05, 0) is 24.1 Å². The molecule has 0 unspecified atom stereocenters. The number of ether oxygens (including phenoxy) is 1. The lowest BCUT2D eigenvalue weighted by molar-refractivity contribution is 0.0600. The van der Waals surface area contributed by atoms with E-state index in [-0.39, 0.29) is 0 Å². The van der Waals surface area contributed by atoms with Gasteiger partial charge in [0.1, 0.15) is 0 Å². The molecule has 0 heterocycles. The highest BCUT2D eigenvalue weighted by Gasteiger charge is 2.10. The van der Waals surface area contributed by atoms with Crippen LogP contribution in [0.3, 0.4) is 0 Å². The number of carbonyl (C=O) groups excluding carboxylic acids is 1. The van der Waals surface area contributed by atoms with Crippen LogP contribution in [0.4, 0.5) is 5.69 Å². The molecule has 0 aliphatic rings. The first-order valence-electron chi connectivity index (χ1n) is 3.93. The van der Waals surface area contributed by atoms with Crippen molar-refractivity contribution in [3.63, 3.8) is 0 Å². The molecule has 0 N–H and O–H groups in total. The molecule has 0 atom stereocenters. The van der Waals surface area contributed by atoms with Gasteiger partial charge in [0.25, 0.3) is 0 Å². The van der Waals surface area contributed by atoms with Crippen molar-refractivity contribution in [3.8, 4) is 0 Å². The van der Waals surface area contributed by atoms with E-state index < -0.39 is 5.97 Å². The molecule has 0 amide bonds. The minimum Gasteiger partial charge on any atom is -0.465 e. The van der Waals surface area contributed by atoms with E-state index in [0.717, 1.165) is 0 Å². The van der Waals surface area contributed by atoms with Crippen LogP contribution in [-0.4, -0.2) is 13.1 Å². The van der Waals surface area contributed by atoms with Crippen LogP contribution >= 0.6 is 0 Å². The molecule has 0 saturated carbocycles. The Morgan fingerprint density at radius 1 is 1.57 bits per heavy atom. The highest BCUT2D eigenvalue weighted by atomic mass is 16.5. The van der Waals surface area contributed by atoms with Gasteiger partial charge < -0.3 is 4.74 Å². The minimum atomic E-state index is -0.433. The van der Waals surface area contributed by atoms with Crippen LogP contribution in [0.5, 0.6) is 0 Å². The Hall–Kier alpha value is -2.00. The number of rotatable bonds is 2. The van der Waals surface area contributed by atoms with E-state index in [1.54, 1.807) is 25.1 Å². The summed E-state index contributed by atoms with van der Waals surface area (Å²) in [5.41, 5.74) is 9.75. The second-order valence-corrected chi connectivity index (χ2v) is 2.63. The summed E-state index contributed by atoms with van der Waals surface area (Å²) in [6.45, 7) is 1.70. The van der Waals surface area contributed by atoms with Crippen LogP contribution in [0.1, 0.15) is 15.9 Å². The molecule has 0 fully saturated rings. The van der Waals surface area contributed by atoms with E-state index in [0.29, 0.717) is 16.8 Å². The Bertz CT molecular complexity index is 409. The third-order valence-corrected chi connectivity index (χ3v) is 1.86.